The van der Waals surface area contributed by atoms with Crippen LogP contribution in [0.25, 0.3) is 22.6 Å². The molecule has 0 saturated carbocycles. The molecule has 0 spiro atoms. The van der Waals surface area contributed by atoms with Crippen LogP contribution in [0.4, 0.5) is 18.3 Å². The predicted octanol–water partition coefficient (Wildman–Crippen LogP) is 5.78. The zero-order valence-electron chi connectivity index (χ0n) is 16.4. The number of aromatic nitrogens is 2. The van der Waals surface area contributed by atoms with Crippen LogP contribution < -0.4 is 10.1 Å². The zero-order valence-corrected chi connectivity index (χ0v) is 17.2. The van der Waals surface area contributed by atoms with E-state index >= 15 is 0 Å². The zero-order chi connectivity index (χ0) is 22.5. The van der Waals surface area contributed by atoms with Crippen LogP contribution in [0.5, 0.6) is 5.75 Å². The van der Waals surface area contributed by atoms with Crippen LogP contribution in [0.2, 0.25) is 0 Å². The van der Waals surface area contributed by atoms with Crippen LogP contribution in [0, 0.1) is 5.82 Å². The van der Waals surface area contributed by atoms with Crippen molar-refractivity contribution in [1.29, 1.82) is 0 Å². The molecule has 0 aliphatic carbocycles. The van der Waals surface area contributed by atoms with Gasteiger partial charge in [-0.2, -0.15) is 8.78 Å². The summed E-state index contributed by atoms with van der Waals surface area (Å²) in [7, 11) is 0. The summed E-state index contributed by atoms with van der Waals surface area (Å²) in [6.07, 6.45) is 1.88. The van der Waals surface area contributed by atoms with Crippen molar-refractivity contribution in [3.63, 3.8) is 0 Å². The number of amides is 1. The Kier molecular flexibility index (Phi) is 6.50. The maximum Gasteiger partial charge on any atom is 0.387 e. The molecule has 6 nitrogen and oxygen atoms in total. The maximum atomic E-state index is 13.0. The lowest BCUT2D eigenvalue weighted by atomic mass is 10.1. The number of benzene rings is 2. The van der Waals surface area contributed by atoms with E-state index in [9.17, 15) is 18.0 Å². The number of hydrogen-bond acceptors (Lipinski definition) is 6. The van der Waals surface area contributed by atoms with E-state index in [1.165, 1.54) is 35.7 Å². The van der Waals surface area contributed by atoms with Crippen molar-refractivity contribution in [1.82, 2.24) is 9.97 Å². The molecule has 4 aromatic rings. The second-order valence-electron chi connectivity index (χ2n) is 6.59. The maximum absolute atomic E-state index is 13.0. The topological polar surface area (TPSA) is 77.3 Å². The van der Waals surface area contributed by atoms with Crippen molar-refractivity contribution in [2.75, 3.05) is 5.32 Å². The molecule has 32 heavy (non-hydrogen) atoms. The van der Waals surface area contributed by atoms with Crippen LogP contribution in [0.1, 0.15) is 12.3 Å². The third kappa shape index (κ3) is 5.33. The molecule has 0 fully saturated rings. The normalized spacial score (nSPS) is 11.0. The van der Waals surface area contributed by atoms with Gasteiger partial charge in [0.25, 0.3) is 0 Å². The summed E-state index contributed by atoms with van der Waals surface area (Å²) in [5.41, 5.74) is 1.50. The van der Waals surface area contributed by atoms with E-state index in [4.69, 9.17) is 4.42 Å². The molecule has 0 aliphatic rings. The fourth-order valence-electron chi connectivity index (χ4n) is 2.91. The van der Waals surface area contributed by atoms with Gasteiger partial charge in [0.2, 0.25) is 5.91 Å². The largest absolute Gasteiger partial charge is 0.441 e. The van der Waals surface area contributed by atoms with Gasteiger partial charge in [0, 0.05) is 29.3 Å². The molecule has 2 aromatic heterocycles. The minimum Gasteiger partial charge on any atom is -0.441 e. The van der Waals surface area contributed by atoms with E-state index < -0.39 is 6.61 Å². The monoisotopic (exact) mass is 459 g/mol. The Bertz CT molecular complexity index is 1210. The molecule has 0 radical (unpaired) electrons. The van der Waals surface area contributed by atoms with Gasteiger partial charge >= 0.3 is 6.61 Å². The van der Waals surface area contributed by atoms with E-state index in [1.807, 2.05) is 0 Å². The number of rotatable bonds is 8. The lowest BCUT2D eigenvalue weighted by molar-refractivity contribution is -0.116. The number of thiazole rings is 1. The van der Waals surface area contributed by atoms with Gasteiger partial charge in [-0.3, -0.25) is 4.79 Å². The molecule has 0 saturated heterocycles. The molecule has 0 aliphatic heterocycles. The molecule has 1 N–H and O–H groups in total. The highest BCUT2D eigenvalue weighted by atomic mass is 32.1. The molecule has 0 bridgehead atoms. The molecular weight excluding hydrogens is 443 g/mol. The molecule has 0 unspecified atom stereocenters. The third-order valence-corrected chi connectivity index (χ3v) is 5.14. The van der Waals surface area contributed by atoms with Crippen molar-refractivity contribution in [3.05, 3.63) is 71.8 Å². The van der Waals surface area contributed by atoms with Crippen molar-refractivity contribution in [2.24, 2.45) is 0 Å². The molecule has 164 valence electrons. The third-order valence-electron chi connectivity index (χ3n) is 4.38. The van der Waals surface area contributed by atoms with Crippen LogP contribution in [0.15, 0.2) is 64.5 Å². The van der Waals surface area contributed by atoms with Gasteiger partial charge in [0.05, 0.1) is 11.9 Å². The van der Waals surface area contributed by atoms with Gasteiger partial charge in [-0.1, -0.05) is 12.1 Å². The number of nitrogens with zero attached hydrogens (tertiary/aromatic N) is 2. The first-order chi connectivity index (χ1) is 15.5. The quantitative estimate of drug-likeness (QED) is 0.362. The highest BCUT2D eigenvalue weighted by Crippen LogP contribution is 2.33. The Morgan fingerprint density at radius 3 is 2.72 bits per heavy atom. The molecule has 0 atom stereocenters. The Morgan fingerprint density at radius 1 is 1.16 bits per heavy atom. The van der Waals surface area contributed by atoms with E-state index in [0.29, 0.717) is 33.6 Å². The number of ether oxygens (including phenoxy) is 1. The second-order valence-corrected chi connectivity index (χ2v) is 7.44. The number of carbonyl (C=O) groups is 1. The number of hydrogen-bond donors (Lipinski definition) is 1. The van der Waals surface area contributed by atoms with E-state index in [0.717, 1.165) is 0 Å². The van der Waals surface area contributed by atoms with Crippen molar-refractivity contribution >= 4 is 22.4 Å². The molecule has 2 heterocycles. The van der Waals surface area contributed by atoms with Crippen LogP contribution in [0.3, 0.4) is 0 Å². The number of carbonyl (C=O) groups excluding carboxylic acids is 1. The number of halogens is 3. The van der Waals surface area contributed by atoms with Crippen molar-refractivity contribution < 1.29 is 27.1 Å². The standard InChI is InChI=1S/C22H16F3N3O3S/c23-14-7-5-13(6-8-14)18-11-26-20(30-18)10-9-19(29)28-22-27-16(12-32-22)15-3-1-2-4-17(15)31-21(24)25/h1-8,11-12,21H,9-10H2,(H,27,28,29). The van der Waals surface area contributed by atoms with E-state index in [2.05, 4.69) is 20.0 Å². The van der Waals surface area contributed by atoms with Gasteiger partial charge in [0.1, 0.15) is 11.6 Å². The van der Waals surface area contributed by atoms with Gasteiger partial charge in [-0.15, -0.1) is 11.3 Å². The van der Waals surface area contributed by atoms with Crippen LogP contribution in [-0.4, -0.2) is 22.5 Å². The summed E-state index contributed by atoms with van der Waals surface area (Å²) < 4.78 is 48.4. The minimum absolute atomic E-state index is 0.00605. The van der Waals surface area contributed by atoms with Gasteiger partial charge < -0.3 is 14.5 Å². The van der Waals surface area contributed by atoms with Crippen molar-refractivity contribution in [3.8, 4) is 28.3 Å². The summed E-state index contributed by atoms with van der Waals surface area (Å²) >= 11 is 1.17. The lowest BCUT2D eigenvalue weighted by Gasteiger charge is -2.08. The molecule has 1 amide bonds. The summed E-state index contributed by atoms with van der Waals surface area (Å²) in [6, 6.07) is 12.1. The summed E-state index contributed by atoms with van der Waals surface area (Å²) in [6.45, 7) is -2.95. The molecule has 4 rings (SSSR count). The number of para-hydroxylation sites is 1. The SMILES string of the molecule is O=C(CCc1ncc(-c2ccc(F)cc2)o1)Nc1nc(-c2ccccc2OC(F)F)cs1. The first-order valence-electron chi connectivity index (χ1n) is 9.48. The summed E-state index contributed by atoms with van der Waals surface area (Å²) in [4.78, 5) is 20.7. The fraction of sp³-hybridized carbons (Fsp3) is 0.136. The Hall–Kier alpha value is -3.66. The number of oxazole rings is 1. The van der Waals surface area contributed by atoms with Gasteiger partial charge in [-0.05, 0) is 36.4 Å². The number of anilines is 1. The van der Waals surface area contributed by atoms with Gasteiger partial charge in [0.15, 0.2) is 16.8 Å². The average Bonchev–Trinajstić information content (AvgIpc) is 3.43. The highest BCUT2D eigenvalue weighted by Gasteiger charge is 2.15. The smallest absolute Gasteiger partial charge is 0.387 e. The summed E-state index contributed by atoms with van der Waals surface area (Å²) in [5, 5.41) is 4.65. The first-order valence-corrected chi connectivity index (χ1v) is 10.4. The molecular formula is C22H16F3N3O3S. The Balaban J connectivity index is 1.35. The minimum atomic E-state index is -2.95. The second kappa shape index (κ2) is 9.65. The number of aryl methyl sites for hydroxylation is 1. The number of nitrogens with one attached hydrogen (secondary N) is 1. The Labute approximate surface area is 184 Å². The molecule has 2 aromatic carbocycles. The fourth-order valence-corrected chi connectivity index (χ4v) is 3.63. The van der Waals surface area contributed by atoms with Crippen LogP contribution in [-0.2, 0) is 11.2 Å². The summed E-state index contributed by atoms with van der Waals surface area (Å²) in [5.74, 6) is 0.212. The van der Waals surface area contributed by atoms with Crippen LogP contribution >= 0.6 is 11.3 Å². The average molecular weight is 459 g/mol. The first kappa shape index (κ1) is 21.6. The lowest BCUT2D eigenvalue weighted by Crippen LogP contribution is -2.12. The van der Waals surface area contributed by atoms with E-state index in [1.54, 1.807) is 35.7 Å². The van der Waals surface area contributed by atoms with E-state index in [-0.39, 0.29) is 30.3 Å². The Morgan fingerprint density at radius 2 is 1.94 bits per heavy atom. The van der Waals surface area contributed by atoms with Gasteiger partial charge in [-0.25, -0.2) is 14.4 Å². The predicted molar refractivity (Wildman–Crippen MR) is 113 cm³/mol. The van der Waals surface area contributed by atoms with Crippen molar-refractivity contribution in [2.45, 2.75) is 19.5 Å². The molecule has 10 heteroatoms. The number of alkyl halides is 2. The highest BCUT2D eigenvalue weighted by molar-refractivity contribution is 7.14.